The number of carbonyl (C=O) groups excluding carboxylic acids is 2. The van der Waals surface area contributed by atoms with Crippen LogP contribution in [0.4, 0.5) is 17.2 Å². The summed E-state index contributed by atoms with van der Waals surface area (Å²) in [5.41, 5.74) is 1.65. The highest BCUT2D eigenvalue weighted by atomic mass is 16.2. The summed E-state index contributed by atoms with van der Waals surface area (Å²) >= 11 is 0. The van der Waals surface area contributed by atoms with Crippen molar-refractivity contribution in [2.45, 2.75) is 26.7 Å². The molecule has 1 aliphatic heterocycles. The standard InChI is InChI=1S/C19H23N5O2/c1-13-7-9-24(10-8-13)18-11-17(20-12-21-18)19(26)23-16-5-3-15(4-6-16)22-14(2)25/h3-6,11-13H,7-10H2,1-2H3,(H,22,25)(H,23,26). The number of nitrogens with zero attached hydrogens (tertiary/aromatic N) is 3. The Balaban J connectivity index is 1.66. The first-order chi connectivity index (χ1) is 12.5. The summed E-state index contributed by atoms with van der Waals surface area (Å²) in [6.07, 6.45) is 3.69. The topological polar surface area (TPSA) is 87.2 Å². The third-order valence-electron chi connectivity index (χ3n) is 4.46. The molecule has 2 aromatic rings. The van der Waals surface area contributed by atoms with Gasteiger partial charge in [-0.3, -0.25) is 9.59 Å². The summed E-state index contributed by atoms with van der Waals surface area (Å²) in [5, 5.41) is 5.50. The molecule has 2 amide bonds. The van der Waals surface area contributed by atoms with E-state index >= 15 is 0 Å². The van der Waals surface area contributed by atoms with Gasteiger partial charge in [0.15, 0.2) is 0 Å². The van der Waals surface area contributed by atoms with Gasteiger partial charge in [0.2, 0.25) is 5.91 Å². The number of carbonyl (C=O) groups is 2. The molecule has 0 bridgehead atoms. The van der Waals surface area contributed by atoms with Crippen LogP contribution in [-0.2, 0) is 4.79 Å². The number of amides is 2. The second-order valence-electron chi connectivity index (χ2n) is 6.64. The maximum absolute atomic E-state index is 12.5. The van der Waals surface area contributed by atoms with Crippen molar-refractivity contribution in [1.82, 2.24) is 9.97 Å². The van der Waals surface area contributed by atoms with Crippen LogP contribution in [0.2, 0.25) is 0 Å². The van der Waals surface area contributed by atoms with Crippen LogP contribution in [0.5, 0.6) is 0 Å². The molecule has 1 aromatic heterocycles. The fraction of sp³-hybridized carbons (Fsp3) is 0.368. The average molecular weight is 353 g/mol. The van der Waals surface area contributed by atoms with E-state index in [1.807, 2.05) is 0 Å². The highest BCUT2D eigenvalue weighted by Crippen LogP contribution is 2.21. The molecule has 1 fully saturated rings. The third kappa shape index (κ3) is 4.56. The SMILES string of the molecule is CC(=O)Nc1ccc(NC(=O)c2cc(N3CCC(C)CC3)ncn2)cc1. The van der Waals surface area contributed by atoms with Gasteiger partial charge in [0, 0.05) is 37.5 Å². The second-order valence-corrected chi connectivity index (χ2v) is 6.64. The van der Waals surface area contributed by atoms with Gasteiger partial charge in [0.1, 0.15) is 17.8 Å². The van der Waals surface area contributed by atoms with Gasteiger partial charge in [-0.1, -0.05) is 6.92 Å². The first kappa shape index (κ1) is 17.8. The lowest BCUT2D eigenvalue weighted by atomic mass is 9.99. The molecule has 2 N–H and O–H groups in total. The van der Waals surface area contributed by atoms with Crippen molar-refractivity contribution in [2.24, 2.45) is 5.92 Å². The van der Waals surface area contributed by atoms with Crippen LogP contribution in [0.1, 0.15) is 37.2 Å². The van der Waals surface area contributed by atoms with Gasteiger partial charge in [-0.2, -0.15) is 0 Å². The number of hydrogen-bond acceptors (Lipinski definition) is 5. The van der Waals surface area contributed by atoms with E-state index < -0.39 is 0 Å². The highest BCUT2D eigenvalue weighted by molar-refractivity contribution is 6.03. The van der Waals surface area contributed by atoms with Gasteiger partial charge >= 0.3 is 0 Å². The Morgan fingerprint density at radius 3 is 2.27 bits per heavy atom. The first-order valence-corrected chi connectivity index (χ1v) is 8.77. The van der Waals surface area contributed by atoms with E-state index in [2.05, 4.69) is 32.4 Å². The Kier molecular flexibility index (Phi) is 5.46. The number of hydrogen-bond donors (Lipinski definition) is 2. The van der Waals surface area contributed by atoms with Crippen LogP contribution in [0, 0.1) is 5.92 Å². The second kappa shape index (κ2) is 7.95. The van der Waals surface area contributed by atoms with Crippen LogP contribution in [0.15, 0.2) is 36.7 Å². The lowest BCUT2D eigenvalue weighted by Gasteiger charge is -2.31. The molecule has 1 aliphatic rings. The number of benzene rings is 1. The predicted octanol–water partition coefficient (Wildman–Crippen LogP) is 2.92. The van der Waals surface area contributed by atoms with Crippen LogP contribution < -0.4 is 15.5 Å². The Morgan fingerprint density at radius 2 is 1.65 bits per heavy atom. The molecular weight excluding hydrogens is 330 g/mol. The molecule has 1 aromatic carbocycles. The molecule has 136 valence electrons. The van der Waals surface area contributed by atoms with E-state index in [1.54, 1.807) is 30.3 Å². The molecule has 0 aliphatic carbocycles. The molecule has 0 radical (unpaired) electrons. The molecular formula is C19H23N5O2. The lowest BCUT2D eigenvalue weighted by Crippen LogP contribution is -2.33. The maximum atomic E-state index is 12.5. The molecule has 3 rings (SSSR count). The van der Waals surface area contributed by atoms with Crippen molar-refractivity contribution < 1.29 is 9.59 Å². The summed E-state index contributed by atoms with van der Waals surface area (Å²) in [5.74, 6) is 1.10. The third-order valence-corrected chi connectivity index (χ3v) is 4.46. The molecule has 26 heavy (non-hydrogen) atoms. The molecule has 1 saturated heterocycles. The van der Waals surface area contributed by atoms with Gasteiger partial charge in [-0.05, 0) is 43.0 Å². The van der Waals surface area contributed by atoms with Gasteiger partial charge < -0.3 is 15.5 Å². The van der Waals surface area contributed by atoms with Crippen molar-refractivity contribution >= 4 is 29.0 Å². The van der Waals surface area contributed by atoms with Crippen molar-refractivity contribution in [3.05, 3.63) is 42.4 Å². The average Bonchev–Trinajstić information content (AvgIpc) is 2.63. The largest absolute Gasteiger partial charge is 0.356 e. The molecule has 0 saturated carbocycles. The van der Waals surface area contributed by atoms with E-state index in [0.29, 0.717) is 17.1 Å². The fourth-order valence-electron chi connectivity index (χ4n) is 2.92. The number of anilines is 3. The van der Waals surface area contributed by atoms with Crippen molar-refractivity contribution in [3.8, 4) is 0 Å². The van der Waals surface area contributed by atoms with Crippen molar-refractivity contribution in [2.75, 3.05) is 28.6 Å². The number of rotatable bonds is 4. The quantitative estimate of drug-likeness (QED) is 0.882. The normalized spacial score (nSPS) is 14.8. The van der Waals surface area contributed by atoms with E-state index in [0.717, 1.165) is 37.7 Å². The van der Waals surface area contributed by atoms with Crippen LogP contribution in [0.25, 0.3) is 0 Å². The summed E-state index contributed by atoms with van der Waals surface area (Å²) in [4.78, 5) is 34.1. The zero-order chi connectivity index (χ0) is 18.5. The molecule has 7 nitrogen and oxygen atoms in total. The van der Waals surface area contributed by atoms with Gasteiger partial charge in [-0.25, -0.2) is 9.97 Å². The zero-order valence-electron chi connectivity index (χ0n) is 15.0. The number of nitrogens with one attached hydrogen (secondary N) is 2. The predicted molar refractivity (Wildman–Crippen MR) is 101 cm³/mol. The van der Waals surface area contributed by atoms with Crippen LogP contribution >= 0.6 is 0 Å². The monoisotopic (exact) mass is 353 g/mol. The molecule has 0 spiro atoms. The molecule has 0 unspecified atom stereocenters. The van der Waals surface area contributed by atoms with Crippen LogP contribution in [-0.4, -0.2) is 34.9 Å². The van der Waals surface area contributed by atoms with Gasteiger partial charge in [0.25, 0.3) is 5.91 Å². The maximum Gasteiger partial charge on any atom is 0.274 e. The van der Waals surface area contributed by atoms with Crippen molar-refractivity contribution in [1.29, 1.82) is 0 Å². The minimum absolute atomic E-state index is 0.137. The molecule has 2 heterocycles. The zero-order valence-corrected chi connectivity index (χ0v) is 15.0. The Morgan fingerprint density at radius 1 is 1.04 bits per heavy atom. The molecule has 0 atom stereocenters. The van der Waals surface area contributed by atoms with E-state index in [1.165, 1.54) is 13.3 Å². The highest BCUT2D eigenvalue weighted by Gasteiger charge is 2.18. The smallest absolute Gasteiger partial charge is 0.274 e. The summed E-state index contributed by atoms with van der Waals surface area (Å²) in [6.45, 7) is 5.60. The van der Waals surface area contributed by atoms with E-state index in [4.69, 9.17) is 0 Å². The van der Waals surface area contributed by atoms with Gasteiger partial charge in [-0.15, -0.1) is 0 Å². The molecule has 7 heteroatoms. The summed E-state index contributed by atoms with van der Waals surface area (Å²) in [7, 11) is 0. The summed E-state index contributed by atoms with van der Waals surface area (Å²) in [6, 6.07) is 8.67. The Hall–Kier alpha value is -2.96. The van der Waals surface area contributed by atoms with Crippen molar-refractivity contribution in [3.63, 3.8) is 0 Å². The van der Waals surface area contributed by atoms with E-state index in [9.17, 15) is 9.59 Å². The number of piperidine rings is 1. The lowest BCUT2D eigenvalue weighted by molar-refractivity contribution is -0.114. The first-order valence-electron chi connectivity index (χ1n) is 8.77. The summed E-state index contributed by atoms with van der Waals surface area (Å²) < 4.78 is 0. The van der Waals surface area contributed by atoms with Crippen LogP contribution in [0.3, 0.4) is 0 Å². The Bertz CT molecular complexity index is 783. The minimum Gasteiger partial charge on any atom is -0.356 e. The van der Waals surface area contributed by atoms with Gasteiger partial charge in [0.05, 0.1) is 0 Å². The fourth-order valence-corrected chi connectivity index (χ4v) is 2.92. The van der Waals surface area contributed by atoms with E-state index in [-0.39, 0.29) is 11.8 Å². The number of aromatic nitrogens is 2. The minimum atomic E-state index is -0.286. The Labute approximate surface area is 152 Å².